The lowest BCUT2D eigenvalue weighted by Gasteiger charge is -2.43. The van der Waals surface area contributed by atoms with E-state index in [1.807, 2.05) is 18.2 Å². The molecule has 9 nitrogen and oxygen atoms in total. The van der Waals surface area contributed by atoms with Gasteiger partial charge in [-0.1, -0.05) is 73.7 Å². The van der Waals surface area contributed by atoms with Crippen LogP contribution < -0.4 is 19.9 Å². The van der Waals surface area contributed by atoms with Gasteiger partial charge in [-0.15, -0.1) is 0 Å². The topological polar surface area (TPSA) is 133 Å². The molecule has 9 heteroatoms. The molecule has 3 aliphatic carbocycles. The monoisotopic (exact) mass is 830 g/mol. The second-order valence-corrected chi connectivity index (χ2v) is 18.4. The fourth-order valence-electron chi connectivity index (χ4n) is 12.3. The SMILES string of the molecule is COc1cc2c(cc1O)CC#Cc1nc(N)ccc1[C@H](CC1(c3ccccc3)CCCCC1)[C@H]1CC[C@]3(Cc4cc(O)cc(OC)c4-c4ccc5c(c43)O[C@H]2[C@H]5COC(C)=O)C1. The largest absolute Gasteiger partial charge is 0.508 e. The molecule has 5 aromatic rings. The predicted octanol–water partition coefficient (Wildman–Crippen LogP) is 10.1. The molecule has 4 N–H and O–H groups in total. The Morgan fingerprint density at radius 3 is 2.45 bits per heavy atom. The predicted molar refractivity (Wildman–Crippen MR) is 238 cm³/mol. The van der Waals surface area contributed by atoms with Gasteiger partial charge in [-0.3, -0.25) is 4.79 Å². The molecule has 2 fully saturated rings. The van der Waals surface area contributed by atoms with Crippen LogP contribution in [0.5, 0.6) is 28.7 Å². The van der Waals surface area contributed by atoms with Gasteiger partial charge in [0.1, 0.15) is 41.5 Å². The van der Waals surface area contributed by atoms with E-state index in [0.717, 1.165) is 88.8 Å². The third-order valence-electron chi connectivity index (χ3n) is 15.0. The number of pyridine rings is 1. The maximum atomic E-state index is 12.5. The Hall–Kier alpha value is -6.14. The Labute approximate surface area is 363 Å². The van der Waals surface area contributed by atoms with Crippen LogP contribution in [0.2, 0.25) is 0 Å². The number of ether oxygens (including phenoxy) is 4. The van der Waals surface area contributed by atoms with Crippen LogP contribution >= 0.6 is 0 Å². The van der Waals surface area contributed by atoms with Gasteiger partial charge in [0, 0.05) is 47.1 Å². The summed E-state index contributed by atoms with van der Waals surface area (Å²) in [7, 11) is 3.19. The van der Waals surface area contributed by atoms with Crippen molar-refractivity contribution in [2.24, 2.45) is 5.92 Å². The molecule has 4 aromatic carbocycles. The lowest BCUT2D eigenvalue weighted by atomic mass is 9.61. The van der Waals surface area contributed by atoms with Crippen LogP contribution in [0.25, 0.3) is 11.1 Å². The molecule has 10 rings (SSSR count). The molecule has 0 unspecified atom stereocenters. The Morgan fingerprint density at radius 2 is 1.68 bits per heavy atom. The Bertz CT molecular complexity index is 2640. The average Bonchev–Trinajstić information content (AvgIpc) is 3.86. The number of benzene rings is 4. The van der Waals surface area contributed by atoms with Gasteiger partial charge in [-0.25, -0.2) is 4.98 Å². The lowest BCUT2D eigenvalue weighted by Crippen LogP contribution is -2.34. The van der Waals surface area contributed by atoms with Crippen molar-refractivity contribution in [2.75, 3.05) is 26.6 Å². The number of nitrogens with zero attached hydrogens (tertiary/aromatic N) is 1. The molecule has 318 valence electrons. The van der Waals surface area contributed by atoms with Gasteiger partial charge in [-0.05, 0) is 120 Å². The number of anilines is 1. The van der Waals surface area contributed by atoms with E-state index in [0.29, 0.717) is 29.4 Å². The summed E-state index contributed by atoms with van der Waals surface area (Å²) in [5.41, 5.74) is 16.1. The number of aromatic hydroxyl groups is 2. The van der Waals surface area contributed by atoms with Crippen molar-refractivity contribution in [1.82, 2.24) is 4.98 Å². The highest BCUT2D eigenvalue weighted by molar-refractivity contribution is 5.84. The number of rotatable bonds is 7. The molecule has 0 amide bonds. The number of nitrogens with two attached hydrogens (primary N) is 1. The third kappa shape index (κ3) is 6.70. The number of aromatic nitrogens is 1. The highest BCUT2D eigenvalue weighted by Gasteiger charge is 2.53. The number of hydrogen-bond acceptors (Lipinski definition) is 9. The van der Waals surface area contributed by atoms with Gasteiger partial charge in [0.05, 0.1) is 20.1 Å². The molecular weight excluding hydrogens is 777 g/mol. The molecule has 0 saturated heterocycles. The molecule has 62 heavy (non-hydrogen) atoms. The standard InChI is InChI=1S/C53H54N2O7/c1-31(56)61-30-42-38-15-16-39-48-34(23-36(57)25-46(48)60-3)28-53-22-19-33(27-53)41(29-52(20-8-5-9-21-52)35-12-6-4-7-13-35)37-17-18-47(54)55-43(37)14-10-11-32-24-44(58)45(59-2)26-40(32)50(42)62-51(38)49(39)53/h4,6-7,12-13,15-18,23-26,33,41-42,50,57-58H,5,8-9,11,19-22,27-30H2,1-3H3,(H2,54,55)/t33-,41+,42-,50+,53+/m0/s1. The highest BCUT2D eigenvalue weighted by atomic mass is 16.5. The summed E-state index contributed by atoms with van der Waals surface area (Å²) in [5.74, 6) is 8.95. The lowest BCUT2D eigenvalue weighted by molar-refractivity contribution is -0.141. The van der Waals surface area contributed by atoms with Gasteiger partial charge < -0.3 is 34.9 Å². The summed E-state index contributed by atoms with van der Waals surface area (Å²) >= 11 is 0. The Kier molecular flexibility index (Phi) is 10.1. The zero-order valence-corrected chi connectivity index (χ0v) is 35.8. The van der Waals surface area contributed by atoms with E-state index in [1.165, 1.54) is 38.9 Å². The molecule has 0 radical (unpaired) electrons. The maximum Gasteiger partial charge on any atom is 0.302 e. The Balaban J connectivity index is 1.23. The first-order chi connectivity index (χ1) is 30.1. The van der Waals surface area contributed by atoms with Crippen molar-refractivity contribution in [3.63, 3.8) is 0 Å². The summed E-state index contributed by atoms with van der Waals surface area (Å²) in [6, 6.07) is 26.7. The highest BCUT2D eigenvalue weighted by Crippen LogP contribution is 2.64. The number of methoxy groups -OCH3 is 2. The summed E-state index contributed by atoms with van der Waals surface area (Å²) in [6.45, 7) is 1.53. The quantitative estimate of drug-likeness (QED) is 0.108. The summed E-state index contributed by atoms with van der Waals surface area (Å²) in [6.07, 6.45) is 9.97. The van der Waals surface area contributed by atoms with Crippen molar-refractivity contribution in [3.05, 3.63) is 124 Å². The second kappa shape index (κ2) is 15.6. The minimum atomic E-state index is -0.588. The normalized spacial score (nSPS) is 23.8. The van der Waals surface area contributed by atoms with Gasteiger partial charge >= 0.3 is 5.97 Å². The van der Waals surface area contributed by atoms with Crippen LogP contribution in [0.4, 0.5) is 5.82 Å². The number of nitrogen functional groups attached to an aromatic ring is 1. The zero-order valence-electron chi connectivity index (χ0n) is 35.8. The first-order valence-corrected chi connectivity index (χ1v) is 22.2. The fraction of sp³-hybridized carbons (Fsp3) is 0.396. The second-order valence-electron chi connectivity index (χ2n) is 18.4. The van der Waals surface area contributed by atoms with E-state index in [1.54, 1.807) is 19.2 Å². The van der Waals surface area contributed by atoms with Crippen molar-refractivity contribution in [3.8, 4) is 51.7 Å². The van der Waals surface area contributed by atoms with Gasteiger partial charge in [0.25, 0.3) is 0 Å². The minimum Gasteiger partial charge on any atom is -0.508 e. The molecule has 2 aliphatic heterocycles. The summed E-state index contributed by atoms with van der Waals surface area (Å²) in [4.78, 5) is 17.5. The fourth-order valence-corrected chi connectivity index (χ4v) is 12.3. The number of carbonyl (C=O) groups excluding carboxylic acids is 1. The van der Waals surface area contributed by atoms with Gasteiger partial charge in [0.15, 0.2) is 11.5 Å². The van der Waals surface area contributed by atoms with Crippen molar-refractivity contribution in [1.29, 1.82) is 0 Å². The van der Waals surface area contributed by atoms with Crippen molar-refractivity contribution in [2.45, 2.75) is 106 Å². The van der Waals surface area contributed by atoms with Crippen LogP contribution in [0.15, 0.2) is 78.9 Å². The van der Waals surface area contributed by atoms with Gasteiger partial charge in [-0.2, -0.15) is 0 Å². The van der Waals surface area contributed by atoms with Crippen LogP contribution in [0.1, 0.15) is 127 Å². The summed E-state index contributed by atoms with van der Waals surface area (Å²) in [5, 5.41) is 22.3. The van der Waals surface area contributed by atoms with Crippen molar-refractivity contribution < 1.29 is 34.0 Å². The number of esters is 1. The van der Waals surface area contributed by atoms with E-state index in [9.17, 15) is 15.0 Å². The van der Waals surface area contributed by atoms with E-state index >= 15 is 0 Å². The van der Waals surface area contributed by atoms with Crippen LogP contribution in [-0.2, 0) is 33.2 Å². The molecule has 5 atom stereocenters. The van der Waals surface area contributed by atoms with Gasteiger partial charge in [0.2, 0.25) is 0 Å². The maximum absolute atomic E-state index is 12.5. The van der Waals surface area contributed by atoms with E-state index < -0.39 is 6.10 Å². The van der Waals surface area contributed by atoms with Crippen LogP contribution in [-0.4, -0.2) is 42.0 Å². The average molecular weight is 831 g/mol. The molecule has 5 aliphatic rings. The zero-order chi connectivity index (χ0) is 42.8. The van der Waals surface area contributed by atoms with Crippen molar-refractivity contribution >= 4 is 11.8 Å². The van der Waals surface area contributed by atoms with Crippen LogP contribution in [0.3, 0.4) is 0 Å². The van der Waals surface area contributed by atoms with E-state index in [-0.39, 0.29) is 59.1 Å². The molecule has 4 bridgehead atoms. The molecule has 1 aromatic heterocycles. The Morgan fingerprint density at radius 1 is 0.887 bits per heavy atom. The minimum absolute atomic E-state index is 0.000126. The number of phenols is 2. The van der Waals surface area contributed by atoms with E-state index in [4.69, 9.17) is 29.7 Å². The van der Waals surface area contributed by atoms with E-state index in [2.05, 4.69) is 60.4 Å². The smallest absolute Gasteiger partial charge is 0.302 e. The molecule has 1 spiro atoms. The number of fused-ring (bicyclic) bond motifs is 7. The number of carbonyl (C=O) groups is 1. The summed E-state index contributed by atoms with van der Waals surface area (Å²) < 4.78 is 24.9. The first-order valence-electron chi connectivity index (χ1n) is 22.2. The number of hydrogen-bond donors (Lipinski definition) is 3. The number of phenolic OH excluding ortho intramolecular Hbond substituents is 2. The molecule has 3 heterocycles. The molecule has 2 saturated carbocycles. The third-order valence-corrected chi connectivity index (χ3v) is 15.0. The molecular formula is C53H54N2O7. The van der Waals surface area contributed by atoms with Crippen LogP contribution in [0, 0.1) is 17.8 Å². The first kappa shape index (κ1) is 40.0.